The molecule has 5 nitrogen and oxygen atoms in total. The van der Waals surface area contributed by atoms with Gasteiger partial charge < -0.3 is 15.4 Å². The molecule has 150 valence electrons. The number of carbonyl (C=O) groups excluding carboxylic acids is 1. The number of nitrogens with zero attached hydrogens (tertiary/aromatic N) is 1. The van der Waals surface area contributed by atoms with E-state index < -0.39 is 0 Å². The van der Waals surface area contributed by atoms with E-state index >= 15 is 0 Å². The highest BCUT2D eigenvalue weighted by molar-refractivity contribution is 5.94. The summed E-state index contributed by atoms with van der Waals surface area (Å²) in [7, 11) is 1.64. The first-order valence-electron chi connectivity index (χ1n) is 9.50. The van der Waals surface area contributed by atoms with Crippen LogP contribution in [0.1, 0.15) is 21.5 Å². The molecular weight excluding hydrogens is 369 g/mol. The quantitative estimate of drug-likeness (QED) is 0.580. The van der Waals surface area contributed by atoms with Gasteiger partial charge >= 0.3 is 0 Å². The van der Waals surface area contributed by atoms with Crippen LogP contribution in [-0.4, -0.2) is 31.1 Å². The Morgan fingerprint density at radius 3 is 2.59 bits per heavy atom. The molecule has 0 aliphatic carbocycles. The second-order valence-corrected chi connectivity index (χ2v) is 6.55. The number of amides is 1. The number of pyridine rings is 1. The summed E-state index contributed by atoms with van der Waals surface area (Å²) >= 11 is 0. The number of nitrogens with one attached hydrogen (secondary N) is 2. The summed E-state index contributed by atoms with van der Waals surface area (Å²) in [5.74, 6) is 1.01. The number of hydrogen-bond donors (Lipinski definition) is 2. The molecule has 2 aromatic carbocycles. The summed E-state index contributed by atoms with van der Waals surface area (Å²) in [6.07, 6.45) is 2.86. The van der Waals surface area contributed by atoms with Crippen molar-refractivity contribution in [1.82, 2.24) is 10.3 Å². The van der Waals surface area contributed by atoms with Crippen LogP contribution in [0.2, 0.25) is 0 Å². The minimum absolute atomic E-state index is 0.207. The molecule has 2 N–H and O–H groups in total. The normalized spacial score (nSPS) is 10.4. The van der Waals surface area contributed by atoms with Crippen molar-refractivity contribution in [1.29, 1.82) is 0 Å². The van der Waals surface area contributed by atoms with E-state index in [1.165, 1.54) is 11.6 Å². The molecule has 29 heavy (non-hydrogen) atoms. The Morgan fingerprint density at radius 1 is 1.03 bits per heavy atom. The maximum Gasteiger partial charge on any atom is 0.251 e. The van der Waals surface area contributed by atoms with Gasteiger partial charge in [-0.25, -0.2) is 9.37 Å². The van der Waals surface area contributed by atoms with Crippen LogP contribution in [0.3, 0.4) is 0 Å². The van der Waals surface area contributed by atoms with Gasteiger partial charge in [0.05, 0.1) is 7.11 Å². The molecule has 0 saturated heterocycles. The molecule has 0 fully saturated rings. The first-order valence-corrected chi connectivity index (χ1v) is 9.50. The summed E-state index contributed by atoms with van der Waals surface area (Å²) in [4.78, 5) is 16.6. The van der Waals surface area contributed by atoms with E-state index in [9.17, 15) is 9.18 Å². The van der Waals surface area contributed by atoms with Gasteiger partial charge in [0.25, 0.3) is 5.91 Å². The summed E-state index contributed by atoms with van der Waals surface area (Å²) in [6.45, 7) is 1.06. The van der Waals surface area contributed by atoms with Gasteiger partial charge in [0.1, 0.15) is 17.4 Å². The molecule has 0 radical (unpaired) electrons. The van der Waals surface area contributed by atoms with Gasteiger partial charge in [-0.15, -0.1) is 0 Å². The maximum absolute atomic E-state index is 13.6. The topological polar surface area (TPSA) is 63.2 Å². The van der Waals surface area contributed by atoms with E-state index in [4.69, 9.17) is 4.74 Å². The molecule has 1 aromatic heterocycles. The standard InChI is InChI=1S/C23H24FN3O2/c1-29-20-8-6-17(7-9-20)10-13-25-22-16-19(12-14-26-22)23(28)27-15-11-18-4-2-3-5-21(18)24/h2-9,12,14,16H,10-11,13,15H2,1H3,(H,25,26)(H,27,28). The molecule has 3 rings (SSSR count). The fourth-order valence-electron chi connectivity index (χ4n) is 2.91. The van der Waals surface area contributed by atoms with E-state index in [0.29, 0.717) is 36.5 Å². The molecule has 6 heteroatoms. The SMILES string of the molecule is COc1ccc(CCNc2cc(C(=O)NCCc3ccccc3F)ccn2)cc1. The molecule has 0 saturated carbocycles. The maximum atomic E-state index is 13.6. The zero-order valence-electron chi connectivity index (χ0n) is 16.3. The lowest BCUT2D eigenvalue weighted by Gasteiger charge is -2.09. The average molecular weight is 393 g/mol. The highest BCUT2D eigenvalue weighted by Gasteiger charge is 2.07. The summed E-state index contributed by atoms with van der Waals surface area (Å²) in [5.41, 5.74) is 2.28. The molecule has 1 heterocycles. The van der Waals surface area contributed by atoms with E-state index in [1.54, 1.807) is 43.6 Å². The van der Waals surface area contributed by atoms with Crippen molar-refractivity contribution in [3.05, 3.63) is 89.4 Å². The number of halogens is 1. The fourth-order valence-corrected chi connectivity index (χ4v) is 2.91. The van der Waals surface area contributed by atoms with Crippen LogP contribution in [0.25, 0.3) is 0 Å². The van der Waals surface area contributed by atoms with Gasteiger partial charge in [-0.1, -0.05) is 30.3 Å². The van der Waals surface area contributed by atoms with Gasteiger partial charge in [0.15, 0.2) is 0 Å². The third-order valence-electron chi connectivity index (χ3n) is 4.54. The summed E-state index contributed by atoms with van der Waals surface area (Å²) in [5, 5.41) is 6.06. The van der Waals surface area contributed by atoms with Crippen molar-refractivity contribution in [3.8, 4) is 5.75 Å². The fraction of sp³-hybridized carbons (Fsp3) is 0.217. The molecule has 1 amide bonds. The highest BCUT2D eigenvalue weighted by atomic mass is 19.1. The lowest BCUT2D eigenvalue weighted by molar-refractivity contribution is 0.0954. The zero-order chi connectivity index (χ0) is 20.5. The number of methoxy groups -OCH3 is 1. The number of rotatable bonds is 9. The molecule has 3 aromatic rings. The Balaban J connectivity index is 1.47. The number of ether oxygens (including phenoxy) is 1. The van der Waals surface area contributed by atoms with Crippen LogP contribution >= 0.6 is 0 Å². The third kappa shape index (κ3) is 6.04. The lowest BCUT2D eigenvalue weighted by Crippen LogP contribution is -2.26. The van der Waals surface area contributed by atoms with E-state index in [-0.39, 0.29) is 11.7 Å². The van der Waals surface area contributed by atoms with E-state index in [1.807, 2.05) is 24.3 Å². The minimum Gasteiger partial charge on any atom is -0.497 e. The predicted octanol–water partition coefficient (Wildman–Crippen LogP) is 3.86. The smallest absolute Gasteiger partial charge is 0.251 e. The van der Waals surface area contributed by atoms with Crippen molar-refractivity contribution >= 4 is 11.7 Å². The molecule has 0 aliphatic heterocycles. The van der Waals surface area contributed by atoms with Crippen LogP contribution in [0.5, 0.6) is 5.75 Å². The van der Waals surface area contributed by atoms with Crippen LogP contribution in [0, 0.1) is 5.82 Å². The number of carbonyl (C=O) groups is 1. The Hall–Kier alpha value is -3.41. The molecule has 0 spiro atoms. The Kier molecular flexibility index (Phi) is 7.16. The molecule has 0 unspecified atom stereocenters. The van der Waals surface area contributed by atoms with Crippen LogP contribution in [-0.2, 0) is 12.8 Å². The van der Waals surface area contributed by atoms with Crippen molar-refractivity contribution in [3.63, 3.8) is 0 Å². The van der Waals surface area contributed by atoms with E-state index in [2.05, 4.69) is 15.6 Å². The Bertz CT molecular complexity index is 945. The second-order valence-electron chi connectivity index (χ2n) is 6.55. The monoisotopic (exact) mass is 393 g/mol. The summed E-state index contributed by atoms with van der Waals surface area (Å²) < 4.78 is 18.8. The number of aromatic nitrogens is 1. The second kappa shape index (κ2) is 10.2. The molecule has 0 atom stereocenters. The van der Waals surface area contributed by atoms with Crippen molar-refractivity contribution in [2.45, 2.75) is 12.8 Å². The summed E-state index contributed by atoms with van der Waals surface area (Å²) in [6, 6.07) is 17.9. The predicted molar refractivity (Wildman–Crippen MR) is 112 cm³/mol. The highest BCUT2D eigenvalue weighted by Crippen LogP contribution is 2.12. The van der Waals surface area contributed by atoms with Crippen molar-refractivity contribution in [2.24, 2.45) is 0 Å². The number of hydrogen-bond acceptors (Lipinski definition) is 4. The third-order valence-corrected chi connectivity index (χ3v) is 4.54. The average Bonchev–Trinajstić information content (AvgIpc) is 2.76. The number of anilines is 1. The number of benzene rings is 2. The molecule has 0 bridgehead atoms. The van der Waals surface area contributed by atoms with Gasteiger partial charge in [-0.05, 0) is 54.3 Å². The van der Waals surface area contributed by atoms with Crippen LogP contribution in [0.4, 0.5) is 10.2 Å². The lowest BCUT2D eigenvalue weighted by atomic mass is 10.1. The van der Waals surface area contributed by atoms with Gasteiger partial charge in [-0.3, -0.25) is 4.79 Å². The van der Waals surface area contributed by atoms with Crippen LogP contribution in [0.15, 0.2) is 66.9 Å². The van der Waals surface area contributed by atoms with Crippen LogP contribution < -0.4 is 15.4 Å². The largest absolute Gasteiger partial charge is 0.497 e. The minimum atomic E-state index is -0.256. The van der Waals surface area contributed by atoms with Gasteiger partial charge in [0, 0.05) is 24.8 Å². The Labute approximate surface area is 169 Å². The van der Waals surface area contributed by atoms with Crippen molar-refractivity contribution < 1.29 is 13.9 Å². The van der Waals surface area contributed by atoms with E-state index in [0.717, 1.165) is 12.2 Å². The van der Waals surface area contributed by atoms with Crippen molar-refractivity contribution in [2.75, 3.05) is 25.5 Å². The van der Waals surface area contributed by atoms with Gasteiger partial charge in [-0.2, -0.15) is 0 Å². The zero-order valence-corrected chi connectivity index (χ0v) is 16.3. The molecule has 0 aliphatic rings. The van der Waals surface area contributed by atoms with Gasteiger partial charge in [0.2, 0.25) is 0 Å². The first-order chi connectivity index (χ1) is 14.2. The first kappa shape index (κ1) is 20.3. The molecular formula is C23H24FN3O2. The Morgan fingerprint density at radius 2 is 1.83 bits per heavy atom.